The maximum Gasteiger partial charge on any atom is 0.275 e. The van der Waals surface area contributed by atoms with E-state index >= 15 is 0 Å². The third-order valence-electron chi connectivity index (χ3n) is 4.54. The van der Waals surface area contributed by atoms with Gasteiger partial charge < -0.3 is 15.0 Å². The molecule has 1 aromatic heterocycles. The third-order valence-corrected chi connectivity index (χ3v) is 4.54. The van der Waals surface area contributed by atoms with Crippen molar-refractivity contribution in [1.82, 2.24) is 25.2 Å². The van der Waals surface area contributed by atoms with Crippen LogP contribution in [0.5, 0.6) is 5.75 Å². The molecule has 1 amide bonds. The zero-order chi connectivity index (χ0) is 17.6. The van der Waals surface area contributed by atoms with Crippen LogP contribution < -0.4 is 10.1 Å². The molecule has 1 aliphatic rings. The number of carbonyl (C=O) groups excluding carboxylic acids is 1. The molecule has 0 atom stereocenters. The molecule has 134 valence electrons. The number of nitrogens with one attached hydrogen (secondary N) is 1. The van der Waals surface area contributed by atoms with E-state index in [0.717, 1.165) is 37.2 Å². The van der Waals surface area contributed by atoms with E-state index < -0.39 is 0 Å². The topological polar surface area (TPSA) is 72.3 Å². The number of aryl methyl sites for hydroxylation is 1. The lowest BCUT2D eigenvalue weighted by atomic mass is 10.1. The van der Waals surface area contributed by atoms with Gasteiger partial charge >= 0.3 is 0 Å². The molecule has 1 aromatic carbocycles. The molecular weight excluding hydrogens is 318 g/mol. The molecule has 1 aliphatic heterocycles. The van der Waals surface area contributed by atoms with Crippen molar-refractivity contribution in [3.05, 3.63) is 41.7 Å². The van der Waals surface area contributed by atoms with Crippen LogP contribution in [0.25, 0.3) is 0 Å². The Bertz CT molecular complexity index is 709. The number of rotatable bonds is 6. The Morgan fingerprint density at radius 1 is 1.36 bits per heavy atom. The highest BCUT2D eigenvalue weighted by Gasteiger charge is 2.20. The Balaban J connectivity index is 1.52. The van der Waals surface area contributed by atoms with Gasteiger partial charge in [-0.15, -0.1) is 5.10 Å². The predicted octanol–water partition coefficient (Wildman–Crippen LogP) is 1.66. The van der Waals surface area contributed by atoms with Crippen molar-refractivity contribution in [3.8, 4) is 5.75 Å². The highest BCUT2D eigenvalue weighted by atomic mass is 16.5. The second kappa shape index (κ2) is 8.11. The van der Waals surface area contributed by atoms with Crippen molar-refractivity contribution < 1.29 is 9.53 Å². The molecule has 3 rings (SSSR count). The van der Waals surface area contributed by atoms with Gasteiger partial charge in [-0.3, -0.25) is 4.79 Å². The lowest BCUT2D eigenvalue weighted by molar-refractivity contribution is 0.0767. The maximum atomic E-state index is 12.5. The SMILES string of the molecule is Cc1ccccc1OCCN(C)C(=O)c1cn(C2CCNCC2)nn1. The van der Waals surface area contributed by atoms with Crippen LogP contribution in [0.4, 0.5) is 0 Å². The quantitative estimate of drug-likeness (QED) is 0.864. The summed E-state index contributed by atoms with van der Waals surface area (Å²) in [6.07, 6.45) is 3.78. The van der Waals surface area contributed by atoms with Crippen LogP contribution in [0.3, 0.4) is 0 Å². The number of aromatic nitrogens is 3. The summed E-state index contributed by atoms with van der Waals surface area (Å²) in [5.41, 5.74) is 1.47. The van der Waals surface area contributed by atoms with Gasteiger partial charge in [0.15, 0.2) is 5.69 Å². The monoisotopic (exact) mass is 343 g/mol. The van der Waals surface area contributed by atoms with Gasteiger partial charge in [-0.25, -0.2) is 4.68 Å². The first-order chi connectivity index (χ1) is 12.1. The minimum Gasteiger partial charge on any atom is -0.491 e. The maximum absolute atomic E-state index is 12.5. The zero-order valence-electron chi connectivity index (χ0n) is 14.8. The van der Waals surface area contributed by atoms with Crippen LogP contribution in [0.15, 0.2) is 30.5 Å². The van der Waals surface area contributed by atoms with Crippen LogP contribution in [-0.4, -0.2) is 59.1 Å². The average Bonchev–Trinajstić information content (AvgIpc) is 3.13. The van der Waals surface area contributed by atoms with Crippen molar-refractivity contribution >= 4 is 5.91 Å². The van der Waals surface area contributed by atoms with Crippen LogP contribution >= 0.6 is 0 Å². The molecule has 0 bridgehead atoms. The highest BCUT2D eigenvalue weighted by Crippen LogP contribution is 2.18. The second-order valence-electron chi connectivity index (χ2n) is 6.41. The lowest BCUT2D eigenvalue weighted by Gasteiger charge is -2.22. The van der Waals surface area contributed by atoms with Gasteiger partial charge in [0.05, 0.1) is 18.8 Å². The fraction of sp³-hybridized carbons (Fsp3) is 0.500. The van der Waals surface area contributed by atoms with Crippen molar-refractivity contribution in [1.29, 1.82) is 0 Å². The van der Waals surface area contributed by atoms with E-state index in [1.807, 2.05) is 35.9 Å². The van der Waals surface area contributed by atoms with Crippen molar-refractivity contribution in [2.24, 2.45) is 0 Å². The molecule has 25 heavy (non-hydrogen) atoms. The highest BCUT2D eigenvalue weighted by molar-refractivity contribution is 5.91. The van der Waals surface area contributed by atoms with Gasteiger partial charge in [-0.2, -0.15) is 0 Å². The van der Waals surface area contributed by atoms with Gasteiger partial charge in [0.2, 0.25) is 0 Å². The standard InChI is InChI=1S/C18H25N5O2/c1-14-5-3-4-6-17(14)25-12-11-22(2)18(24)16-13-23(21-20-16)15-7-9-19-10-8-15/h3-6,13,15,19H,7-12H2,1-2H3. The first kappa shape index (κ1) is 17.4. The molecule has 1 fully saturated rings. The molecule has 0 radical (unpaired) electrons. The molecule has 1 N–H and O–H groups in total. The number of piperidine rings is 1. The van der Waals surface area contributed by atoms with Gasteiger partial charge in [-0.05, 0) is 44.5 Å². The summed E-state index contributed by atoms with van der Waals surface area (Å²) >= 11 is 0. The largest absolute Gasteiger partial charge is 0.491 e. The number of benzene rings is 1. The summed E-state index contributed by atoms with van der Waals surface area (Å²) in [5.74, 6) is 0.716. The molecule has 7 nitrogen and oxygen atoms in total. The Morgan fingerprint density at radius 2 is 2.12 bits per heavy atom. The summed E-state index contributed by atoms with van der Waals surface area (Å²) in [7, 11) is 1.76. The number of hydrogen-bond donors (Lipinski definition) is 1. The zero-order valence-corrected chi connectivity index (χ0v) is 14.8. The van der Waals surface area contributed by atoms with Gasteiger partial charge in [0.25, 0.3) is 5.91 Å². The number of carbonyl (C=O) groups is 1. The summed E-state index contributed by atoms with van der Waals surface area (Å²) < 4.78 is 7.58. The van der Waals surface area contributed by atoms with Crippen LogP contribution in [0.2, 0.25) is 0 Å². The van der Waals surface area contributed by atoms with Crippen LogP contribution in [0.1, 0.15) is 34.9 Å². The average molecular weight is 343 g/mol. The third kappa shape index (κ3) is 4.36. The Kier molecular flexibility index (Phi) is 5.65. The van der Waals surface area contributed by atoms with Gasteiger partial charge in [0.1, 0.15) is 12.4 Å². The molecule has 0 spiro atoms. The molecule has 1 saturated heterocycles. The first-order valence-corrected chi connectivity index (χ1v) is 8.71. The molecule has 0 unspecified atom stereocenters. The predicted molar refractivity (Wildman–Crippen MR) is 94.8 cm³/mol. The van der Waals surface area contributed by atoms with Crippen LogP contribution in [0, 0.1) is 6.92 Å². The minimum absolute atomic E-state index is 0.131. The Labute approximate surface area is 148 Å². The van der Waals surface area contributed by atoms with Gasteiger partial charge in [0, 0.05) is 7.05 Å². The van der Waals surface area contributed by atoms with E-state index in [1.165, 1.54) is 0 Å². The first-order valence-electron chi connectivity index (χ1n) is 8.71. The molecular formula is C18H25N5O2. The van der Waals surface area contributed by atoms with E-state index in [1.54, 1.807) is 18.1 Å². The number of hydrogen-bond acceptors (Lipinski definition) is 5. The second-order valence-corrected chi connectivity index (χ2v) is 6.41. The van der Waals surface area contributed by atoms with Crippen LogP contribution in [-0.2, 0) is 0 Å². The van der Waals surface area contributed by atoms with E-state index in [4.69, 9.17) is 4.74 Å². The summed E-state index contributed by atoms with van der Waals surface area (Å²) in [6, 6.07) is 8.18. The molecule has 0 aliphatic carbocycles. The van der Waals surface area contributed by atoms with E-state index in [9.17, 15) is 4.79 Å². The number of likely N-dealkylation sites (N-methyl/N-ethyl adjacent to an activating group) is 1. The Morgan fingerprint density at radius 3 is 2.88 bits per heavy atom. The number of ether oxygens (including phenoxy) is 1. The molecule has 2 heterocycles. The fourth-order valence-corrected chi connectivity index (χ4v) is 2.93. The van der Waals surface area contributed by atoms with E-state index in [0.29, 0.717) is 24.9 Å². The smallest absolute Gasteiger partial charge is 0.275 e. The van der Waals surface area contributed by atoms with Crippen molar-refractivity contribution in [3.63, 3.8) is 0 Å². The normalized spacial score (nSPS) is 15.1. The van der Waals surface area contributed by atoms with Gasteiger partial charge in [-0.1, -0.05) is 23.4 Å². The van der Waals surface area contributed by atoms with E-state index in [2.05, 4.69) is 15.6 Å². The number of nitrogens with zero attached hydrogens (tertiary/aromatic N) is 4. The molecule has 2 aromatic rings. The summed E-state index contributed by atoms with van der Waals surface area (Å²) in [5, 5.41) is 11.5. The number of para-hydroxylation sites is 1. The molecule has 7 heteroatoms. The lowest BCUT2D eigenvalue weighted by Crippen LogP contribution is -2.31. The number of amides is 1. The van der Waals surface area contributed by atoms with Crippen molar-refractivity contribution in [2.75, 3.05) is 33.3 Å². The fourth-order valence-electron chi connectivity index (χ4n) is 2.93. The minimum atomic E-state index is -0.131. The van der Waals surface area contributed by atoms with Crippen molar-refractivity contribution in [2.45, 2.75) is 25.8 Å². The molecule has 0 saturated carbocycles. The summed E-state index contributed by atoms with van der Waals surface area (Å²) in [4.78, 5) is 14.1. The Hall–Kier alpha value is -2.41. The van der Waals surface area contributed by atoms with E-state index in [-0.39, 0.29) is 5.91 Å². The summed E-state index contributed by atoms with van der Waals surface area (Å²) in [6.45, 7) is 4.89.